The Morgan fingerprint density at radius 1 is 1.62 bits per heavy atom. The molecular formula is C8H9N3O2. The molecule has 2 heterocycles. The molecule has 2 N–H and O–H groups in total. The maximum Gasteiger partial charge on any atom is 0.269 e. The minimum atomic E-state index is -0.481. The molecule has 1 unspecified atom stereocenters. The minimum absolute atomic E-state index is 0.251. The SMILES string of the molecule is NC(=O)C1CCc2cncc(=O)n21. The van der Waals surface area contributed by atoms with Crippen molar-refractivity contribution >= 4 is 5.91 Å². The molecule has 0 fully saturated rings. The second kappa shape index (κ2) is 2.69. The van der Waals surface area contributed by atoms with Gasteiger partial charge in [0.1, 0.15) is 6.04 Å². The van der Waals surface area contributed by atoms with E-state index < -0.39 is 11.9 Å². The van der Waals surface area contributed by atoms with Gasteiger partial charge in [-0.15, -0.1) is 0 Å². The Kier molecular flexibility index (Phi) is 1.65. The molecule has 1 aliphatic heterocycles. The van der Waals surface area contributed by atoms with Crippen molar-refractivity contribution in [2.24, 2.45) is 5.73 Å². The summed E-state index contributed by atoms with van der Waals surface area (Å²) in [6, 6.07) is -0.481. The van der Waals surface area contributed by atoms with Crippen molar-refractivity contribution in [1.29, 1.82) is 0 Å². The highest BCUT2D eigenvalue weighted by atomic mass is 16.2. The zero-order chi connectivity index (χ0) is 9.42. The Hall–Kier alpha value is -1.65. The number of nitrogens with two attached hydrogens (primary N) is 1. The average Bonchev–Trinajstić information content (AvgIpc) is 2.49. The van der Waals surface area contributed by atoms with Crippen LogP contribution in [0.25, 0.3) is 0 Å². The van der Waals surface area contributed by atoms with Crippen LogP contribution in [0.5, 0.6) is 0 Å². The van der Waals surface area contributed by atoms with E-state index in [1.807, 2.05) is 0 Å². The van der Waals surface area contributed by atoms with Crippen molar-refractivity contribution in [3.63, 3.8) is 0 Å². The van der Waals surface area contributed by atoms with Crippen molar-refractivity contribution in [2.45, 2.75) is 18.9 Å². The fraction of sp³-hybridized carbons (Fsp3) is 0.375. The molecule has 0 saturated carbocycles. The van der Waals surface area contributed by atoms with Crippen LogP contribution in [0.1, 0.15) is 18.2 Å². The first-order chi connectivity index (χ1) is 6.20. The van der Waals surface area contributed by atoms with E-state index in [-0.39, 0.29) is 5.56 Å². The summed E-state index contributed by atoms with van der Waals surface area (Å²) in [7, 11) is 0. The van der Waals surface area contributed by atoms with Gasteiger partial charge in [-0.3, -0.25) is 19.1 Å². The van der Waals surface area contributed by atoms with E-state index in [1.165, 1.54) is 10.8 Å². The summed E-state index contributed by atoms with van der Waals surface area (Å²) in [5.41, 5.74) is 5.70. The minimum Gasteiger partial charge on any atom is -0.368 e. The predicted octanol–water partition coefficient (Wildman–Crippen LogP) is -0.784. The lowest BCUT2D eigenvalue weighted by atomic mass is 10.2. The molecule has 2 rings (SSSR count). The van der Waals surface area contributed by atoms with Gasteiger partial charge in [-0.05, 0) is 12.8 Å². The highest BCUT2D eigenvalue weighted by Crippen LogP contribution is 2.21. The van der Waals surface area contributed by atoms with Gasteiger partial charge < -0.3 is 5.73 Å². The second-order valence-electron chi connectivity index (χ2n) is 3.06. The molecule has 0 aromatic carbocycles. The molecule has 0 spiro atoms. The van der Waals surface area contributed by atoms with E-state index in [1.54, 1.807) is 6.20 Å². The number of amides is 1. The molecule has 1 atom stereocenters. The summed E-state index contributed by atoms with van der Waals surface area (Å²) in [6.45, 7) is 0. The number of carbonyl (C=O) groups excluding carboxylic acids is 1. The van der Waals surface area contributed by atoms with Gasteiger partial charge in [0, 0.05) is 11.9 Å². The molecule has 1 amide bonds. The third-order valence-electron chi connectivity index (χ3n) is 2.27. The normalized spacial score (nSPS) is 19.8. The smallest absolute Gasteiger partial charge is 0.269 e. The van der Waals surface area contributed by atoms with Crippen LogP contribution in [-0.2, 0) is 11.2 Å². The van der Waals surface area contributed by atoms with Crippen molar-refractivity contribution in [1.82, 2.24) is 9.55 Å². The van der Waals surface area contributed by atoms with Crippen molar-refractivity contribution in [3.05, 3.63) is 28.4 Å². The first kappa shape index (κ1) is 7.97. The zero-order valence-electron chi connectivity index (χ0n) is 6.93. The fourth-order valence-corrected chi connectivity index (χ4v) is 1.67. The summed E-state index contributed by atoms with van der Waals surface area (Å²) in [6.07, 6.45) is 4.10. The van der Waals surface area contributed by atoms with Crippen LogP contribution >= 0.6 is 0 Å². The topological polar surface area (TPSA) is 78.0 Å². The number of hydrogen-bond donors (Lipinski definition) is 1. The average molecular weight is 179 g/mol. The molecule has 68 valence electrons. The van der Waals surface area contributed by atoms with Gasteiger partial charge in [-0.2, -0.15) is 0 Å². The van der Waals surface area contributed by atoms with Crippen molar-refractivity contribution in [3.8, 4) is 0 Å². The Balaban J connectivity index is 2.58. The lowest BCUT2D eigenvalue weighted by Gasteiger charge is -2.08. The lowest BCUT2D eigenvalue weighted by Crippen LogP contribution is -2.31. The van der Waals surface area contributed by atoms with Crippen molar-refractivity contribution in [2.75, 3.05) is 0 Å². The molecule has 0 bridgehead atoms. The number of hydrogen-bond acceptors (Lipinski definition) is 3. The van der Waals surface area contributed by atoms with Crippen molar-refractivity contribution < 1.29 is 4.79 Å². The second-order valence-corrected chi connectivity index (χ2v) is 3.06. The molecule has 0 radical (unpaired) electrons. The molecule has 5 nitrogen and oxygen atoms in total. The number of carbonyl (C=O) groups is 1. The van der Waals surface area contributed by atoms with Gasteiger partial charge in [0.05, 0.1) is 6.20 Å². The molecule has 0 aliphatic carbocycles. The van der Waals surface area contributed by atoms with E-state index in [0.717, 1.165) is 5.69 Å². The third-order valence-corrected chi connectivity index (χ3v) is 2.27. The molecule has 0 saturated heterocycles. The standard InChI is InChI=1S/C8H9N3O2/c9-8(13)6-2-1-5-3-10-4-7(12)11(5)6/h3-4,6H,1-2H2,(H2,9,13). The maximum atomic E-state index is 11.3. The van der Waals surface area contributed by atoms with Gasteiger partial charge in [-0.25, -0.2) is 0 Å². The first-order valence-electron chi connectivity index (χ1n) is 4.05. The molecule has 1 aromatic heterocycles. The Labute approximate surface area is 74.2 Å². The van der Waals surface area contributed by atoms with Crippen LogP contribution in [0.15, 0.2) is 17.2 Å². The zero-order valence-corrected chi connectivity index (χ0v) is 6.93. The van der Waals surface area contributed by atoms with E-state index in [9.17, 15) is 9.59 Å². The van der Waals surface area contributed by atoms with E-state index in [4.69, 9.17) is 5.73 Å². The monoisotopic (exact) mass is 179 g/mol. The van der Waals surface area contributed by atoms with Gasteiger partial charge in [0.2, 0.25) is 5.91 Å². The predicted molar refractivity (Wildman–Crippen MR) is 45.0 cm³/mol. The lowest BCUT2D eigenvalue weighted by molar-refractivity contribution is -0.121. The summed E-state index contributed by atoms with van der Waals surface area (Å²) in [5.74, 6) is -0.452. The van der Waals surface area contributed by atoms with Gasteiger partial charge in [-0.1, -0.05) is 0 Å². The maximum absolute atomic E-state index is 11.3. The van der Waals surface area contributed by atoms with E-state index in [2.05, 4.69) is 4.98 Å². The fourth-order valence-electron chi connectivity index (χ4n) is 1.67. The van der Waals surface area contributed by atoms with Crippen LogP contribution in [-0.4, -0.2) is 15.5 Å². The van der Waals surface area contributed by atoms with Crippen LogP contribution in [0, 0.1) is 0 Å². The number of rotatable bonds is 1. The Bertz CT molecular complexity index is 410. The number of aryl methyl sites for hydroxylation is 1. The summed E-state index contributed by atoms with van der Waals surface area (Å²) < 4.78 is 1.43. The summed E-state index contributed by atoms with van der Waals surface area (Å²) >= 11 is 0. The number of fused-ring (bicyclic) bond motifs is 1. The third kappa shape index (κ3) is 1.12. The molecule has 1 aliphatic rings. The van der Waals surface area contributed by atoms with Crippen LogP contribution in [0.3, 0.4) is 0 Å². The largest absolute Gasteiger partial charge is 0.368 e. The van der Waals surface area contributed by atoms with E-state index >= 15 is 0 Å². The number of nitrogens with zero attached hydrogens (tertiary/aromatic N) is 2. The molecule has 5 heteroatoms. The summed E-state index contributed by atoms with van der Waals surface area (Å²) in [5, 5.41) is 0. The summed E-state index contributed by atoms with van der Waals surface area (Å²) in [4.78, 5) is 26.0. The van der Waals surface area contributed by atoms with Gasteiger partial charge in [0.15, 0.2) is 0 Å². The van der Waals surface area contributed by atoms with Crippen LogP contribution in [0.4, 0.5) is 0 Å². The van der Waals surface area contributed by atoms with E-state index in [0.29, 0.717) is 12.8 Å². The Morgan fingerprint density at radius 3 is 3.08 bits per heavy atom. The molecule has 13 heavy (non-hydrogen) atoms. The van der Waals surface area contributed by atoms with Gasteiger partial charge >= 0.3 is 0 Å². The van der Waals surface area contributed by atoms with Crippen LogP contribution < -0.4 is 11.3 Å². The quantitative estimate of drug-likeness (QED) is 0.614. The molecule has 1 aromatic rings. The molecular weight excluding hydrogens is 170 g/mol. The Morgan fingerprint density at radius 2 is 2.38 bits per heavy atom. The highest BCUT2D eigenvalue weighted by Gasteiger charge is 2.26. The number of aromatic nitrogens is 2. The highest BCUT2D eigenvalue weighted by molar-refractivity contribution is 5.78. The number of primary amides is 1. The van der Waals surface area contributed by atoms with Gasteiger partial charge in [0.25, 0.3) is 5.56 Å². The van der Waals surface area contributed by atoms with Crippen LogP contribution in [0.2, 0.25) is 0 Å². The first-order valence-corrected chi connectivity index (χ1v) is 4.05.